The van der Waals surface area contributed by atoms with E-state index in [-0.39, 0.29) is 5.75 Å². The highest BCUT2D eigenvalue weighted by atomic mass is 32.2. The summed E-state index contributed by atoms with van der Waals surface area (Å²) in [6.45, 7) is 0.890. The average Bonchev–Trinajstić information content (AvgIpc) is 2.67. The van der Waals surface area contributed by atoms with Crippen LogP contribution < -0.4 is 10.1 Å². The first kappa shape index (κ1) is 15.7. The molecule has 25 heavy (non-hydrogen) atoms. The van der Waals surface area contributed by atoms with E-state index in [0.717, 1.165) is 34.1 Å². The number of hydrogen-bond donors (Lipinski definition) is 2. The van der Waals surface area contributed by atoms with Crippen LogP contribution >= 0.6 is 11.8 Å². The molecular weight excluding hydrogens is 336 g/mol. The number of pyridine rings is 1. The molecule has 0 radical (unpaired) electrons. The number of rotatable bonds is 3. The summed E-state index contributed by atoms with van der Waals surface area (Å²) in [6.07, 6.45) is 1.68. The van der Waals surface area contributed by atoms with E-state index < -0.39 is 0 Å². The minimum absolute atomic E-state index is 0.163. The fraction of sp³-hybridized carbons (Fsp3) is 0.167. The number of benzene rings is 1. The molecule has 4 rings (SSSR count). The van der Waals surface area contributed by atoms with Gasteiger partial charge in [0.1, 0.15) is 5.75 Å². The van der Waals surface area contributed by atoms with Gasteiger partial charge in [0, 0.05) is 30.1 Å². The second-order valence-corrected chi connectivity index (χ2v) is 6.67. The molecule has 1 aliphatic rings. The van der Waals surface area contributed by atoms with E-state index in [1.807, 2.05) is 30.3 Å². The van der Waals surface area contributed by atoms with Gasteiger partial charge in [-0.3, -0.25) is 0 Å². The van der Waals surface area contributed by atoms with Gasteiger partial charge in [0.25, 0.3) is 0 Å². The summed E-state index contributed by atoms with van der Waals surface area (Å²) in [7, 11) is 1.58. The van der Waals surface area contributed by atoms with Crippen LogP contribution in [0.1, 0.15) is 0 Å². The van der Waals surface area contributed by atoms with E-state index in [4.69, 9.17) is 4.74 Å². The zero-order valence-corrected chi connectivity index (χ0v) is 14.4. The van der Waals surface area contributed by atoms with Gasteiger partial charge in [0.15, 0.2) is 5.82 Å². The van der Waals surface area contributed by atoms with Gasteiger partial charge in [-0.1, -0.05) is 6.07 Å². The molecule has 1 aliphatic heterocycles. The van der Waals surface area contributed by atoms with Gasteiger partial charge in [-0.15, -0.1) is 22.0 Å². The molecule has 0 aliphatic carbocycles. The zero-order chi connectivity index (χ0) is 17.2. The van der Waals surface area contributed by atoms with Crippen LogP contribution in [0, 0.1) is 0 Å². The standard InChI is InChI=1S/C18H16N4O2S/c1-24-17-9-12(4-5-19-17)11-2-3-13(15(23)8-11)14-10-16-18(22-21-14)20-6-7-25-16/h2-5,8-10,23H,6-7H2,1H3,(H,20,22). The summed E-state index contributed by atoms with van der Waals surface area (Å²) in [5.74, 6) is 2.50. The number of thioether (sulfide) groups is 1. The molecule has 2 aromatic heterocycles. The predicted octanol–water partition coefficient (Wildman–Crippen LogP) is 3.44. The van der Waals surface area contributed by atoms with Crippen molar-refractivity contribution in [2.45, 2.75) is 4.90 Å². The minimum Gasteiger partial charge on any atom is -0.507 e. The second-order valence-electron chi connectivity index (χ2n) is 5.54. The van der Waals surface area contributed by atoms with E-state index in [0.29, 0.717) is 17.1 Å². The van der Waals surface area contributed by atoms with Crippen molar-refractivity contribution in [1.82, 2.24) is 15.2 Å². The van der Waals surface area contributed by atoms with Crippen LogP contribution in [0.15, 0.2) is 47.5 Å². The highest BCUT2D eigenvalue weighted by Gasteiger charge is 2.15. The molecule has 0 bridgehead atoms. The molecule has 126 valence electrons. The SMILES string of the molecule is COc1cc(-c2ccc(-c3cc4c(nn3)NCCS4)c(O)c2)ccn1. The molecule has 6 nitrogen and oxygen atoms in total. The van der Waals surface area contributed by atoms with Gasteiger partial charge in [0.2, 0.25) is 5.88 Å². The molecule has 0 saturated heterocycles. The van der Waals surface area contributed by atoms with Crippen LogP contribution in [-0.2, 0) is 0 Å². The van der Waals surface area contributed by atoms with Gasteiger partial charge >= 0.3 is 0 Å². The highest BCUT2D eigenvalue weighted by molar-refractivity contribution is 7.99. The molecule has 0 atom stereocenters. The maximum Gasteiger partial charge on any atom is 0.213 e. The van der Waals surface area contributed by atoms with Crippen molar-refractivity contribution in [3.8, 4) is 34.0 Å². The lowest BCUT2D eigenvalue weighted by Crippen LogP contribution is -2.12. The van der Waals surface area contributed by atoms with Crippen LogP contribution in [0.5, 0.6) is 11.6 Å². The van der Waals surface area contributed by atoms with Crippen molar-refractivity contribution in [2.24, 2.45) is 0 Å². The van der Waals surface area contributed by atoms with Gasteiger partial charge < -0.3 is 15.2 Å². The molecule has 3 heterocycles. The first-order valence-electron chi connectivity index (χ1n) is 7.83. The Kier molecular flexibility index (Phi) is 4.15. The average molecular weight is 352 g/mol. The van der Waals surface area contributed by atoms with Crippen LogP contribution in [0.25, 0.3) is 22.4 Å². The summed E-state index contributed by atoms with van der Waals surface area (Å²) < 4.78 is 5.15. The molecule has 2 N–H and O–H groups in total. The molecule has 0 amide bonds. The maximum atomic E-state index is 10.5. The van der Waals surface area contributed by atoms with Crippen LogP contribution in [0.4, 0.5) is 5.82 Å². The Morgan fingerprint density at radius 2 is 2.00 bits per heavy atom. The number of aromatic hydroxyl groups is 1. The fourth-order valence-corrected chi connectivity index (χ4v) is 3.57. The van der Waals surface area contributed by atoms with Crippen molar-refractivity contribution in [1.29, 1.82) is 0 Å². The first-order chi connectivity index (χ1) is 12.2. The van der Waals surface area contributed by atoms with Crippen molar-refractivity contribution < 1.29 is 9.84 Å². The Balaban J connectivity index is 1.70. The third kappa shape index (κ3) is 3.10. The number of nitrogens with zero attached hydrogens (tertiary/aromatic N) is 3. The van der Waals surface area contributed by atoms with Crippen LogP contribution in [0.2, 0.25) is 0 Å². The van der Waals surface area contributed by atoms with Gasteiger partial charge in [-0.05, 0) is 35.4 Å². The third-order valence-corrected chi connectivity index (χ3v) is 4.99. The molecule has 3 aromatic rings. The number of phenols is 1. The number of fused-ring (bicyclic) bond motifs is 1. The molecule has 0 unspecified atom stereocenters. The van der Waals surface area contributed by atoms with Crippen molar-refractivity contribution >= 4 is 17.6 Å². The number of hydrogen-bond acceptors (Lipinski definition) is 7. The predicted molar refractivity (Wildman–Crippen MR) is 98.1 cm³/mol. The monoisotopic (exact) mass is 352 g/mol. The topological polar surface area (TPSA) is 80.2 Å². The lowest BCUT2D eigenvalue weighted by Gasteiger charge is -2.16. The maximum absolute atomic E-state index is 10.5. The Bertz CT molecular complexity index is 933. The molecule has 0 fully saturated rings. The van der Waals surface area contributed by atoms with E-state index in [2.05, 4.69) is 20.5 Å². The van der Waals surface area contributed by atoms with Gasteiger partial charge in [-0.2, -0.15) is 0 Å². The van der Waals surface area contributed by atoms with E-state index in [1.54, 1.807) is 31.1 Å². The number of phenolic OH excluding ortho intramolecular Hbond substituents is 1. The van der Waals surface area contributed by atoms with E-state index >= 15 is 0 Å². The zero-order valence-electron chi connectivity index (χ0n) is 13.6. The first-order valence-corrected chi connectivity index (χ1v) is 8.81. The number of aromatic nitrogens is 3. The third-order valence-electron chi connectivity index (χ3n) is 3.96. The Hall–Kier alpha value is -2.80. The lowest BCUT2D eigenvalue weighted by molar-refractivity contribution is 0.398. The normalized spacial score (nSPS) is 13.0. The summed E-state index contributed by atoms with van der Waals surface area (Å²) in [5, 5.41) is 22.2. The summed E-state index contributed by atoms with van der Waals surface area (Å²) >= 11 is 1.74. The smallest absolute Gasteiger partial charge is 0.213 e. The fourth-order valence-electron chi connectivity index (χ4n) is 2.70. The van der Waals surface area contributed by atoms with Crippen LogP contribution in [0.3, 0.4) is 0 Å². The Morgan fingerprint density at radius 3 is 2.84 bits per heavy atom. The van der Waals surface area contributed by atoms with Crippen molar-refractivity contribution in [3.05, 3.63) is 42.6 Å². The summed E-state index contributed by atoms with van der Waals surface area (Å²) in [5.41, 5.74) is 3.12. The van der Waals surface area contributed by atoms with Crippen molar-refractivity contribution in [2.75, 3.05) is 24.7 Å². The molecule has 0 saturated carbocycles. The minimum atomic E-state index is 0.163. The van der Waals surface area contributed by atoms with Crippen LogP contribution in [-0.4, -0.2) is 39.7 Å². The molecular formula is C18H16N4O2S. The molecule has 0 spiro atoms. The summed E-state index contributed by atoms with van der Waals surface area (Å²) in [4.78, 5) is 5.15. The quantitative estimate of drug-likeness (QED) is 0.747. The number of ether oxygens (including phenoxy) is 1. The van der Waals surface area contributed by atoms with E-state index in [9.17, 15) is 5.11 Å². The Morgan fingerprint density at radius 1 is 1.12 bits per heavy atom. The van der Waals surface area contributed by atoms with Crippen molar-refractivity contribution in [3.63, 3.8) is 0 Å². The number of methoxy groups -OCH3 is 1. The number of nitrogens with one attached hydrogen (secondary N) is 1. The second kappa shape index (κ2) is 6.60. The molecule has 7 heteroatoms. The molecule has 1 aromatic carbocycles. The van der Waals surface area contributed by atoms with E-state index in [1.165, 1.54) is 0 Å². The Labute approximate surface area is 149 Å². The van der Waals surface area contributed by atoms with Gasteiger partial charge in [-0.25, -0.2) is 4.98 Å². The number of anilines is 1. The lowest BCUT2D eigenvalue weighted by atomic mass is 10.0. The van der Waals surface area contributed by atoms with Gasteiger partial charge in [0.05, 0.1) is 17.7 Å². The highest BCUT2D eigenvalue weighted by Crippen LogP contribution is 2.36. The summed E-state index contributed by atoms with van der Waals surface area (Å²) in [6, 6.07) is 11.2. The largest absolute Gasteiger partial charge is 0.507 e.